The number of hydrogen-bond donors (Lipinski definition) is 1. The monoisotopic (exact) mass is 511 g/mol. The first-order valence-electron chi connectivity index (χ1n) is 10.5. The van der Waals surface area contributed by atoms with Gasteiger partial charge in [-0.1, -0.05) is 31.9 Å². The van der Waals surface area contributed by atoms with Crippen molar-refractivity contribution in [3.8, 4) is 5.75 Å². The highest BCUT2D eigenvalue weighted by molar-refractivity contribution is 7.89. The van der Waals surface area contributed by atoms with Gasteiger partial charge in [0.05, 0.1) is 24.6 Å². The minimum absolute atomic E-state index is 0.0227. The molecule has 2 atom stereocenters. The zero-order valence-corrected chi connectivity index (χ0v) is 19.3. The Morgan fingerprint density at radius 3 is 2.43 bits per heavy atom. The molecule has 2 aromatic carbocycles. The molecular weight excluding hydrogens is 490 g/mol. The van der Waals surface area contributed by atoms with Crippen molar-refractivity contribution in [3.05, 3.63) is 70.6 Å². The fourth-order valence-corrected chi connectivity index (χ4v) is 5.45. The van der Waals surface area contributed by atoms with Crippen LogP contribution in [0.15, 0.2) is 41.3 Å². The molecule has 1 aliphatic rings. The molecule has 186 valence electrons. The first kappa shape index (κ1) is 26.4. The molecule has 12 heteroatoms. The number of alkyl halides is 3. The number of hydrogen-bond acceptors (Lipinski definition) is 4. The van der Waals surface area contributed by atoms with Crippen molar-refractivity contribution in [2.24, 2.45) is 0 Å². The molecule has 0 aliphatic carbocycles. The Labute approximate surface area is 200 Å². The third-order valence-electron chi connectivity index (χ3n) is 5.72. The maximum atomic E-state index is 14.0. The van der Waals surface area contributed by atoms with Gasteiger partial charge in [0.2, 0.25) is 21.4 Å². The molecule has 0 radical (unpaired) electrons. The predicted molar refractivity (Wildman–Crippen MR) is 118 cm³/mol. The summed E-state index contributed by atoms with van der Waals surface area (Å²) >= 11 is 0. The molecule has 1 saturated heterocycles. The summed E-state index contributed by atoms with van der Waals surface area (Å²) in [4.78, 5) is 5.36. The normalized spacial score (nSPS) is 20.9. The second kappa shape index (κ2) is 9.82. The zero-order chi connectivity index (χ0) is 26.0. The van der Waals surface area contributed by atoms with Crippen LogP contribution >= 0.6 is 0 Å². The number of unbranched alkanes of at least 4 members (excludes halogenated alkanes) is 1. The van der Waals surface area contributed by atoms with E-state index < -0.39 is 56.4 Å². The van der Waals surface area contributed by atoms with E-state index in [0.29, 0.717) is 25.0 Å². The Morgan fingerprint density at radius 1 is 1.17 bits per heavy atom. The van der Waals surface area contributed by atoms with Crippen molar-refractivity contribution < 1.29 is 35.8 Å². The summed E-state index contributed by atoms with van der Waals surface area (Å²) in [6.45, 7) is 15.2. The number of nitrogens with zero attached hydrogens (tertiary/aromatic N) is 3. The number of benzene rings is 2. The molecule has 0 bridgehead atoms. The summed E-state index contributed by atoms with van der Waals surface area (Å²) in [5.74, 6) is -0.867. The fourth-order valence-electron chi connectivity index (χ4n) is 3.83. The summed E-state index contributed by atoms with van der Waals surface area (Å²) in [7, 11) is -4.49. The smallest absolute Gasteiger partial charge is 0.415 e. The van der Waals surface area contributed by atoms with Crippen molar-refractivity contribution in [1.82, 2.24) is 4.31 Å². The first-order chi connectivity index (χ1) is 16.4. The van der Waals surface area contributed by atoms with Crippen LogP contribution in [0.1, 0.15) is 31.7 Å². The zero-order valence-electron chi connectivity index (χ0n) is 18.5. The van der Waals surface area contributed by atoms with Crippen LogP contribution in [0.4, 0.5) is 28.9 Å². The Morgan fingerprint density at radius 2 is 1.86 bits per heavy atom. The first-order valence-corrected chi connectivity index (χ1v) is 11.9. The highest BCUT2D eigenvalue weighted by atomic mass is 32.2. The molecule has 0 amide bonds. The third-order valence-corrected chi connectivity index (χ3v) is 7.58. The fraction of sp³-hybridized carbons (Fsp3) is 0.391. The van der Waals surface area contributed by atoms with Gasteiger partial charge in [-0.15, -0.1) is 0 Å². The lowest BCUT2D eigenvalue weighted by Gasteiger charge is -2.29. The molecule has 2 aromatic rings. The molecule has 0 aromatic heterocycles. The molecule has 0 spiro atoms. The molecule has 1 fully saturated rings. The molecule has 1 aliphatic heterocycles. The van der Waals surface area contributed by atoms with E-state index in [9.17, 15) is 31.1 Å². The second-order valence-electron chi connectivity index (χ2n) is 8.13. The summed E-state index contributed by atoms with van der Waals surface area (Å²) in [5.41, 5.74) is -3.77. The minimum atomic E-state index is -4.76. The van der Waals surface area contributed by atoms with E-state index in [1.54, 1.807) is 0 Å². The lowest BCUT2D eigenvalue weighted by Crippen LogP contribution is -2.45. The largest absolute Gasteiger partial charge is 0.486 e. The molecule has 1 N–H and O–H groups in total. The van der Waals surface area contributed by atoms with Crippen LogP contribution in [0.5, 0.6) is 5.75 Å². The van der Waals surface area contributed by atoms with E-state index in [4.69, 9.17) is 17.9 Å². The van der Waals surface area contributed by atoms with Gasteiger partial charge in [-0.25, -0.2) is 22.5 Å². The topological polar surface area (TPSA) is 75.6 Å². The van der Waals surface area contributed by atoms with E-state index in [-0.39, 0.29) is 24.4 Å². The van der Waals surface area contributed by atoms with E-state index in [0.717, 1.165) is 16.4 Å². The molecule has 0 saturated carbocycles. The van der Waals surface area contributed by atoms with Crippen LogP contribution in [0.25, 0.3) is 9.69 Å². The second-order valence-corrected chi connectivity index (χ2v) is 10.0. The van der Waals surface area contributed by atoms with E-state index in [1.165, 1.54) is 12.1 Å². The number of ether oxygens (including phenoxy) is 1. The Bertz CT molecular complexity index is 1300. The van der Waals surface area contributed by atoms with Gasteiger partial charge < -0.3 is 9.84 Å². The van der Waals surface area contributed by atoms with Crippen molar-refractivity contribution in [2.45, 2.75) is 49.0 Å². The van der Waals surface area contributed by atoms with Gasteiger partial charge in [-0.3, -0.25) is 0 Å². The van der Waals surface area contributed by atoms with Crippen molar-refractivity contribution in [2.75, 3.05) is 13.1 Å². The van der Waals surface area contributed by atoms with Crippen LogP contribution in [-0.2, 0) is 16.2 Å². The van der Waals surface area contributed by atoms with Gasteiger partial charge in [0.15, 0.2) is 0 Å². The van der Waals surface area contributed by atoms with Crippen molar-refractivity contribution >= 4 is 21.4 Å². The van der Waals surface area contributed by atoms with Crippen LogP contribution in [0, 0.1) is 19.0 Å². The minimum Gasteiger partial charge on any atom is -0.486 e. The molecule has 35 heavy (non-hydrogen) atoms. The Kier molecular flexibility index (Phi) is 7.41. The standard InChI is InChI=1S/C23H21F4N3O4S/c1-4-5-10-22(31)14-30(13-21(22)34-16-7-8-18(28-2)17(24)12-16)35(32,33)20-9-6-15(23(25,26)27)11-19(20)29-3/h6-9,11-12,21,31H,4-5,10,13-14H2,1H3/t21-,22-/m0/s1. The van der Waals surface area contributed by atoms with Crippen molar-refractivity contribution in [1.29, 1.82) is 0 Å². The van der Waals surface area contributed by atoms with Gasteiger partial charge >= 0.3 is 6.18 Å². The van der Waals surface area contributed by atoms with E-state index in [1.807, 2.05) is 6.92 Å². The quantitative estimate of drug-likeness (QED) is 0.403. The number of rotatable bonds is 7. The molecule has 0 unspecified atom stereocenters. The highest BCUT2D eigenvalue weighted by Gasteiger charge is 2.51. The molecular formula is C23H21F4N3O4S. The number of aliphatic hydroxyl groups is 1. The maximum absolute atomic E-state index is 14.0. The average molecular weight is 511 g/mol. The van der Waals surface area contributed by atoms with E-state index in [2.05, 4.69) is 9.69 Å². The molecule has 3 rings (SSSR count). The van der Waals surface area contributed by atoms with Gasteiger partial charge in [-0.05, 0) is 24.6 Å². The average Bonchev–Trinajstić information content (AvgIpc) is 3.13. The van der Waals surface area contributed by atoms with Gasteiger partial charge in [0.25, 0.3) is 0 Å². The van der Waals surface area contributed by atoms with Gasteiger partial charge in [-0.2, -0.15) is 17.5 Å². The number of β-amino-alcohol motifs (C(OH)–C–C–N with tert-alkyl or cyclic N) is 1. The lowest BCUT2D eigenvalue weighted by molar-refractivity contribution is -0.137. The SMILES string of the molecule is [C-]#[N+]c1ccc(O[C@H]2CN(S(=O)(=O)c3ccc(C(F)(F)F)cc3[N+]#[C-])C[C@@]2(O)CCCC)cc1F. The van der Waals surface area contributed by atoms with E-state index >= 15 is 0 Å². The molecule has 1 heterocycles. The Balaban J connectivity index is 1.96. The van der Waals surface area contributed by atoms with Crippen LogP contribution in [-0.4, -0.2) is 42.6 Å². The Hall–Kier alpha value is -3.19. The van der Waals surface area contributed by atoms with Crippen LogP contribution in [0.2, 0.25) is 0 Å². The highest BCUT2D eigenvalue weighted by Crippen LogP contribution is 2.39. The van der Waals surface area contributed by atoms with Crippen LogP contribution in [0.3, 0.4) is 0 Å². The predicted octanol–water partition coefficient (Wildman–Crippen LogP) is 5.32. The third kappa shape index (κ3) is 5.40. The summed E-state index contributed by atoms with van der Waals surface area (Å²) in [5, 5.41) is 11.3. The van der Waals surface area contributed by atoms with Crippen molar-refractivity contribution in [3.63, 3.8) is 0 Å². The van der Waals surface area contributed by atoms with Gasteiger partial charge in [0, 0.05) is 18.2 Å². The summed E-state index contributed by atoms with van der Waals surface area (Å²) < 4.78 is 86.4. The summed E-state index contributed by atoms with van der Waals surface area (Å²) in [6, 6.07) is 5.24. The maximum Gasteiger partial charge on any atom is 0.415 e. The number of halogens is 4. The number of sulfonamides is 1. The molecule has 7 nitrogen and oxygen atoms in total. The van der Waals surface area contributed by atoms with Crippen LogP contribution < -0.4 is 4.74 Å². The summed E-state index contributed by atoms with van der Waals surface area (Å²) in [6.07, 6.45) is -4.55. The lowest BCUT2D eigenvalue weighted by atomic mass is 9.93. The van der Waals surface area contributed by atoms with Gasteiger partial charge in [0.1, 0.15) is 23.3 Å².